The Labute approximate surface area is 156 Å². The lowest BCUT2D eigenvalue weighted by atomic mass is 10.2. The molecule has 1 aromatic heterocycles. The first-order valence-corrected chi connectivity index (χ1v) is 8.53. The summed E-state index contributed by atoms with van der Waals surface area (Å²) in [6.45, 7) is 0.0686. The minimum Gasteiger partial charge on any atom is -0.482 e. The van der Waals surface area contributed by atoms with Gasteiger partial charge in [0.1, 0.15) is 11.3 Å². The van der Waals surface area contributed by atoms with Gasteiger partial charge in [0.25, 0.3) is 0 Å². The minimum absolute atomic E-state index is 0.0107. The van der Waals surface area contributed by atoms with E-state index in [2.05, 4.69) is 4.98 Å². The van der Waals surface area contributed by atoms with Crippen LogP contribution < -0.4 is 4.74 Å². The molecule has 0 radical (unpaired) electrons. The topological polar surface area (TPSA) is 92.9 Å². The van der Waals surface area contributed by atoms with E-state index in [1.54, 1.807) is 24.1 Å². The molecule has 0 saturated heterocycles. The largest absolute Gasteiger partial charge is 0.482 e. The number of fused-ring (bicyclic) bond motifs is 1. The van der Waals surface area contributed by atoms with Crippen LogP contribution in [0.5, 0.6) is 5.75 Å². The van der Waals surface area contributed by atoms with E-state index in [0.29, 0.717) is 31.0 Å². The summed E-state index contributed by atoms with van der Waals surface area (Å²) in [7, 11) is 1.74. The predicted octanol–water partition coefficient (Wildman–Crippen LogP) is 2.88. The average molecular weight is 368 g/mol. The number of carboxylic acids is 1. The zero-order valence-corrected chi connectivity index (χ0v) is 14.9. The van der Waals surface area contributed by atoms with Crippen LogP contribution in [0.3, 0.4) is 0 Å². The second-order valence-electron chi connectivity index (χ2n) is 6.15. The Bertz CT molecular complexity index is 900. The van der Waals surface area contributed by atoms with Crippen molar-refractivity contribution in [2.45, 2.75) is 19.4 Å². The van der Waals surface area contributed by atoms with E-state index in [1.807, 2.05) is 36.4 Å². The van der Waals surface area contributed by atoms with Gasteiger partial charge in [0, 0.05) is 26.4 Å². The fourth-order valence-corrected chi connectivity index (χ4v) is 2.63. The Hall–Kier alpha value is -3.35. The zero-order chi connectivity index (χ0) is 19.2. The van der Waals surface area contributed by atoms with E-state index in [4.69, 9.17) is 14.3 Å². The van der Waals surface area contributed by atoms with Crippen molar-refractivity contribution in [3.8, 4) is 5.75 Å². The van der Waals surface area contributed by atoms with Gasteiger partial charge < -0.3 is 19.2 Å². The van der Waals surface area contributed by atoms with Crippen molar-refractivity contribution in [3.05, 3.63) is 60.0 Å². The molecule has 2 aromatic carbocycles. The number of hydrogen-bond donors (Lipinski definition) is 1. The summed E-state index contributed by atoms with van der Waals surface area (Å²) in [6, 6.07) is 14.5. The molecule has 0 spiro atoms. The smallest absolute Gasteiger partial charge is 0.341 e. The van der Waals surface area contributed by atoms with Gasteiger partial charge in [-0.05, 0) is 29.8 Å². The maximum absolute atomic E-state index is 12.3. The fourth-order valence-electron chi connectivity index (χ4n) is 2.63. The summed E-state index contributed by atoms with van der Waals surface area (Å²) in [6.07, 6.45) is 0.753. The highest BCUT2D eigenvalue weighted by Crippen LogP contribution is 2.17. The van der Waals surface area contributed by atoms with Crippen LogP contribution in [0.2, 0.25) is 0 Å². The van der Waals surface area contributed by atoms with E-state index < -0.39 is 5.97 Å². The van der Waals surface area contributed by atoms with Gasteiger partial charge in [0.2, 0.25) is 5.91 Å². The molecule has 0 aliphatic rings. The summed E-state index contributed by atoms with van der Waals surface area (Å²) in [5.74, 6) is -0.00391. The van der Waals surface area contributed by atoms with Gasteiger partial charge in [-0.25, -0.2) is 9.78 Å². The van der Waals surface area contributed by atoms with Crippen LogP contribution in [-0.4, -0.2) is 40.5 Å². The van der Waals surface area contributed by atoms with Crippen molar-refractivity contribution in [2.24, 2.45) is 0 Å². The van der Waals surface area contributed by atoms with Gasteiger partial charge in [-0.15, -0.1) is 0 Å². The van der Waals surface area contributed by atoms with Crippen LogP contribution in [0.25, 0.3) is 11.1 Å². The quantitative estimate of drug-likeness (QED) is 0.657. The number of rotatable bonds is 8. The number of hydrogen-bond acceptors (Lipinski definition) is 5. The van der Waals surface area contributed by atoms with Crippen molar-refractivity contribution >= 4 is 23.0 Å². The van der Waals surface area contributed by atoms with E-state index >= 15 is 0 Å². The van der Waals surface area contributed by atoms with Gasteiger partial charge in [0.15, 0.2) is 18.1 Å². The molecule has 7 nitrogen and oxygen atoms in total. The number of benzene rings is 2. The molecule has 1 amide bonds. The molecule has 7 heteroatoms. The van der Waals surface area contributed by atoms with Gasteiger partial charge >= 0.3 is 5.97 Å². The fraction of sp³-hybridized carbons (Fsp3) is 0.250. The second-order valence-corrected chi connectivity index (χ2v) is 6.15. The maximum atomic E-state index is 12.3. The second kappa shape index (κ2) is 8.35. The molecule has 0 aliphatic heterocycles. The number of nitrogens with zero attached hydrogens (tertiary/aromatic N) is 2. The number of carbonyl (C=O) groups is 2. The third-order valence-corrected chi connectivity index (χ3v) is 4.02. The van der Waals surface area contributed by atoms with E-state index in [1.165, 1.54) is 0 Å². The molecule has 0 unspecified atom stereocenters. The van der Waals surface area contributed by atoms with Gasteiger partial charge in [-0.3, -0.25) is 4.79 Å². The van der Waals surface area contributed by atoms with Crippen LogP contribution in [0.1, 0.15) is 17.9 Å². The highest BCUT2D eigenvalue weighted by Gasteiger charge is 2.12. The highest BCUT2D eigenvalue weighted by molar-refractivity contribution is 5.76. The number of aromatic nitrogens is 1. The van der Waals surface area contributed by atoms with E-state index in [0.717, 1.165) is 16.7 Å². The molecule has 1 N–H and O–H groups in total. The lowest BCUT2D eigenvalue weighted by Crippen LogP contribution is -2.26. The molecular formula is C20H20N2O5. The monoisotopic (exact) mass is 368 g/mol. The lowest BCUT2D eigenvalue weighted by molar-refractivity contribution is -0.139. The Morgan fingerprint density at radius 3 is 2.59 bits per heavy atom. The molecular weight excluding hydrogens is 348 g/mol. The Balaban J connectivity index is 1.50. The summed E-state index contributed by atoms with van der Waals surface area (Å²) in [5.41, 5.74) is 2.44. The first-order valence-electron chi connectivity index (χ1n) is 8.53. The maximum Gasteiger partial charge on any atom is 0.341 e. The van der Waals surface area contributed by atoms with Crippen molar-refractivity contribution < 1.29 is 23.8 Å². The molecule has 0 fully saturated rings. The van der Waals surface area contributed by atoms with E-state index in [-0.39, 0.29) is 12.5 Å². The van der Waals surface area contributed by atoms with Crippen molar-refractivity contribution in [1.82, 2.24) is 9.88 Å². The summed E-state index contributed by atoms with van der Waals surface area (Å²) in [4.78, 5) is 28.9. The van der Waals surface area contributed by atoms with Crippen LogP contribution in [0, 0.1) is 0 Å². The molecule has 140 valence electrons. The number of amides is 1. The first kappa shape index (κ1) is 18.4. The average Bonchev–Trinajstić information content (AvgIpc) is 3.08. The predicted molar refractivity (Wildman–Crippen MR) is 98.4 cm³/mol. The Kier molecular flexibility index (Phi) is 5.71. The first-order chi connectivity index (χ1) is 13.0. The number of aryl methyl sites for hydroxylation is 1. The Morgan fingerprint density at radius 1 is 1.15 bits per heavy atom. The van der Waals surface area contributed by atoms with E-state index in [9.17, 15) is 9.59 Å². The minimum atomic E-state index is -1.02. The molecule has 27 heavy (non-hydrogen) atoms. The molecule has 3 rings (SSSR count). The summed E-state index contributed by atoms with van der Waals surface area (Å²) in [5, 5.41) is 8.60. The molecule has 0 aliphatic carbocycles. The molecule has 0 bridgehead atoms. The Morgan fingerprint density at radius 2 is 1.89 bits per heavy atom. The third-order valence-electron chi connectivity index (χ3n) is 4.02. The standard InChI is InChI=1S/C20H20N2O5/c1-22(12-14-6-8-15(9-7-14)26-13-20(24)25)19(23)11-10-18-21-16-4-2-3-5-17(16)27-18/h2-9H,10-13H2,1H3,(H,24,25). The van der Waals surface area contributed by atoms with Crippen molar-refractivity contribution in [1.29, 1.82) is 0 Å². The molecule has 3 aromatic rings. The lowest BCUT2D eigenvalue weighted by Gasteiger charge is -2.17. The third kappa shape index (κ3) is 5.07. The van der Waals surface area contributed by atoms with Gasteiger partial charge in [-0.1, -0.05) is 24.3 Å². The van der Waals surface area contributed by atoms with Crippen LogP contribution in [0.15, 0.2) is 52.9 Å². The van der Waals surface area contributed by atoms with Crippen LogP contribution in [-0.2, 0) is 22.6 Å². The number of para-hydroxylation sites is 2. The number of aliphatic carboxylic acids is 1. The van der Waals surface area contributed by atoms with Crippen LogP contribution in [0.4, 0.5) is 0 Å². The van der Waals surface area contributed by atoms with Crippen molar-refractivity contribution in [3.63, 3.8) is 0 Å². The normalized spacial score (nSPS) is 10.7. The zero-order valence-electron chi connectivity index (χ0n) is 14.9. The number of oxazole rings is 1. The number of carbonyl (C=O) groups excluding carboxylic acids is 1. The SMILES string of the molecule is CN(Cc1ccc(OCC(=O)O)cc1)C(=O)CCc1nc2ccccc2o1. The van der Waals surface area contributed by atoms with Gasteiger partial charge in [0.05, 0.1) is 0 Å². The highest BCUT2D eigenvalue weighted by atomic mass is 16.5. The summed E-state index contributed by atoms with van der Waals surface area (Å²) >= 11 is 0. The van der Waals surface area contributed by atoms with Crippen LogP contribution >= 0.6 is 0 Å². The molecule has 0 saturated carbocycles. The summed E-state index contributed by atoms with van der Waals surface area (Å²) < 4.78 is 10.7. The molecule has 1 heterocycles. The van der Waals surface area contributed by atoms with Gasteiger partial charge in [-0.2, -0.15) is 0 Å². The molecule has 0 atom stereocenters. The number of ether oxygens (including phenoxy) is 1. The van der Waals surface area contributed by atoms with Crippen molar-refractivity contribution in [2.75, 3.05) is 13.7 Å². The number of carboxylic acid groups (broad SMARTS) is 1.